The molecule has 1 heterocycles. The molecule has 0 bridgehead atoms. The quantitative estimate of drug-likeness (QED) is 0.519. The monoisotopic (exact) mass is 422 g/mol. The predicted octanol–water partition coefficient (Wildman–Crippen LogP) is 3.73. The summed E-state index contributed by atoms with van der Waals surface area (Å²) < 4.78 is 58.6. The number of allylic oxidation sites excluding steroid dienone is 3. The van der Waals surface area contributed by atoms with Crippen LogP contribution in [0.1, 0.15) is 18.4 Å². The number of rotatable bonds is 6. The molecule has 30 heavy (non-hydrogen) atoms. The van der Waals surface area contributed by atoms with Gasteiger partial charge in [-0.2, -0.15) is 17.6 Å². The van der Waals surface area contributed by atoms with Gasteiger partial charge in [-0.05, 0) is 18.3 Å². The van der Waals surface area contributed by atoms with Gasteiger partial charge in [0.15, 0.2) is 0 Å². The minimum Gasteiger partial charge on any atom is -0.274 e. The summed E-state index contributed by atoms with van der Waals surface area (Å²) in [5.74, 6) is -9.16. The molecule has 1 aliphatic heterocycles. The largest absolute Gasteiger partial charge is 0.333 e. The fourth-order valence-electron chi connectivity index (χ4n) is 3.66. The Bertz CT molecular complexity index is 958. The van der Waals surface area contributed by atoms with E-state index in [9.17, 15) is 31.9 Å². The first-order valence-electron chi connectivity index (χ1n) is 9.45. The van der Waals surface area contributed by atoms with Gasteiger partial charge in [0.25, 0.3) is 11.8 Å². The molecule has 1 aromatic rings. The number of hydrogen-bond acceptors (Lipinski definition) is 3. The Labute approximate surface area is 169 Å². The molecule has 0 spiro atoms. The summed E-state index contributed by atoms with van der Waals surface area (Å²) in [6, 6.07) is 5.06. The lowest BCUT2D eigenvalue weighted by Crippen LogP contribution is -2.59. The molecule has 1 saturated carbocycles. The zero-order chi connectivity index (χ0) is 21.7. The van der Waals surface area contributed by atoms with E-state index in [2.05, 4.69) is 0 Å². The van der Waals surface area contributed by atoms with Crippen LogP contribution < -0.4 is 0 Å². The Morgan fingerprint density at radius 2 is 1.47 bits per heavy atom. The highest BCUT2D eigenvalue weighted by atomic mass is 19.3. The molecule has 158 valence electrons. The molecule has 1 aromatic carbocycles. The number of hydrogen-bond donors (Lipinski definition) is 0. The number of fused-ring (bicyclic) bond motifs is 1. The van der Waals surface area contributed by atoms with Gasteiger partial charge in [0, 0.05) is 11.1 Å². The minimum absolute atomic E-state index is 0.0197. The third-order valence-electron chi connectivity index (χ3n) is 5.51. The number of amides is 4. The summed E-state index contributed by atoms with van der Waals surface area (Å²) in [4.78, 5) is 37.2. The van der Waals surface area contributed by atoms with Crippen LogP contribution in [-0.4, -0.2) is 46.7 Å². The van der Waals surface area contributed by atoms with E-state index in [0.717, 1.165) is 18.6 Å². The average molecular weight is 422 g/mol. The van der Waals surface area contributed by atoms with Crippen molar-refractivity contribution in [3.8, 4) is 0 Å². The van der Waals surface area contributed by atoms with Crippen LogP contribution >= 0.6 is 0 Å². The first kappa shape index (κ1) is 20.3. The fraction of sp³-hybridized carbons (Fsp3) is 0.381. The molecule has 0 N–H and O–H groups in total. The highest BCUT2D eigenvalue weighted by Crippen LogP contribution is 2.47. The van der Waals surface area contributed by atoms with Crippen molar-refractivity contribution in [2.75, 3.05) is 13.1 Å². The van der Waals surface area contributed by atoms with Crippen molar-refractivity contribution in [3.63, 3.8) is 0 Å². The zero-order valence-electron chi connectivity index (χ0n) is 15.7. The number of barbiturate groups is 1. The van der Waals surface area contributed by atoms with Crippen LogP contribution in [0.25, 0.3) is 0 Å². The lowest BCUT2D eigenvalue weighted by atomic mass is 10.0. The van der Waals surface area contributed by atoms with Gasteiger partial charge in [-0.25, -0.2) is 4.79 Å². The second kappa shape index (κ2) is 7.07. The summed E-state index contributed by atoms with van der Waals surface area (Å²) >= 11 is 0. The number of urea groups is 1. The third-order valence-corrected chi connectivity index (χ3v) is 5.51. The summed E-state index contributed by atoms with van der Waals surface area (Å²) in [7, 11) is 0. The standard InChI is InChI=1S/C21H18F4N2O3/c22-20(23,15-4-2-1-3-5-15)11-26-17(28)10-18(29)27(19(26)30)12-21(24,25)16-7-6-13-8-14(13)9-16/h1-7,9,13-14H,8,10-12H2. The van der Waals surface area contributed by atoms with Crippen molar-refractivity contribution in [3.05, 3.63) is 59.7 Å². The van der Waals surface area contributed by atoms with Gasteiger partial charge in [-0.15, -0.1) is 0 Å². The Kier molecular flexibility index (Phi) is 4.79. The molecule has 2 atom stereocenters. The van der Waals surface area contributed by atoms with E-state index >= 15 is 0 Å². The summed E-state index contributed by atoms with van der Waals surface area (Å²) in [6.07, 6.45) is 4.18. The van der Waals surface area contributed by atoms with E-state index in [-0.39, 0.29) is 27.2 Å². The maximum absolute atomic E-state index is 14.7. The minimum atomic E-state index is -3.60. The van der Waals surface area contributed by atoms with Crippen molar-refractivity contribution in [1.82, 2.24) is 9.80 Å². The Hall–Kier alpha value is -2.97. The van der Waals surface area contributed by atoms with Gasteiger partial charge >= 0.3 is 6.03 Å². The molecule has 3 aliphatic rings. The number of halogens is 4. The van der Waals surface area contributed by atoms with Gasteiger partial charge in [0.2, 0.25) is 11.8 Å². The van der Waals surface area contributed by atoms with Gasteiger partial charge in [-0.1, -0.05) is 48.6 Å². The molecular formula is C21H18F4N2O3. The number of imide groups is 2. The van der Waals surface area contributed by atoms with Gasteiger partial charge < -0.3 is 0 Å². The highest BCUT2D eigenvalue weighted by molar-refractivity contribution is 6.14. The van der Waals surface area contributed by atoms with E-state index < -0.39 is 54.8 Å². The van der Waals surface area contributed by atoms with Crippen molar-refractivity contribution >= 4 is 17.8 Å². The van der Waals surface area contributed by atoms with Crippen LogP contribution in [0.3, 0.4) is 0 Å². The van der Waals surface area contributed by atoms with Crippen molar-refractivity contribution in [2.45, 2.75) is 24.7 Å². The van der Waals surface area contributed by atoms with Crippen molar-refractivity contribution in [2.24, 2.45) is 11.8 Å². The molecule has 9 heteroatoms. The molecule has 2 aliphatic carbocycles. The lowest BCUT2D eigenvalue weighted by molar-refractivity contribution is -0.148. The SMILES string of the molecule is O=C1CC(=O)N(CC(F)(F)c2ccccc2)C(=O)N1CC(F)(F)C1=CC2CC2C=C1. The predicted molar refractivity (Wildman–Crippen MR) is 97.5 cm³/mol. The molecule has 2 fully saturated rings. The number of nitrogens with zero attached hydrogens (tertiary/aromatic N) is 2. The molecule has 1 saturated heterocycles. The molecule has 4 amide bonds. The van der Waals surface area contributed by atoms with Crippen LogP contribution in [0.5, 0.6) is 0 Å². The van der Waals surface area contributed by atoms with Gasteiger partial charge in [0.1, 0.15) is 6.42 Å². The first-order chi connectivity index (χ1) is 14.1. The maximum atomic E-state index is 14.7. The van der Waals surface area contributed by atoms with Gasteiger partial charge in [-0.3, -0.25) is 19.4 Å². The Morgan fingerprint density at radius 3 is 2.07 bits per heavy atom. The van der Waals surface area contributed by atoms with E-state index in [1.807, 2.05) is 0 Å². The molecular weight excluding hydrogens is 404 g/mol. The Morgan fingerprint density at radius 1 is 0.867 bits per heavy atom. The van der Waals surface area contributed by atoms with Crippen LogP contribution in [0, 0.1) is 11.8 Å². The third kappa shape index (κ3) is 3.76. The van der Waals surface area contributed by atoms with E-state index in [4.69, 9.17) is 0 Å². The van der Waals surface area contributed by atoms with Crippen LogP contribution in [0.4, 0.5) is 22.4 Å². The average Bonchev–Trinajstić information content (AvgIpc) is 3.48. The van der Waals surface area contributed by atoms with Crippen LogP contribution in [0.15, 0.2) is 54.1 Å². The van der Waals surface area contributed by atoms with Crippen LogP contribution in [0.2, 0.25) is 0 Å². The van der Waals surface area contributed by atoms with Crippen molar-refractivity contribution < 1.29 is 31.9 Å². The number of alkyl halides is 4. The molecule has 5 nitrogen and oxygen atoms in total. The summed E-state index contributed by atoms with van der Waals surface area (Å²) in [6.45, 7) is -2.64. The maximum Gasteiger partial charge on any atom is 0.333 e. The molecule has 0 aromatic heterocycles. The van der Waals surface area contributed by atoms with Crippen LogP contribution in [-0.2, 0) is 15.5 Å². The Balaban J connectivity index is 1.53. The first-order valence-corrected chi connectivity index (χ1v) is 9.45. The molecule has 0 radical (unpaired) electrons. The zero-order valence-corrected chi connectivity index (χ0v) is 15.7. The smallest absolute Gasteiger partial charge is 0.274 e. The van der Waals surface area contributed by atoms with Crippen molar-refractivity contribution in [1.29, 1.82) is 0 Å². The number of carbonyl (C=O) groups is 3. The van der Waals surface area contributed by atoms with Gasteiger partial charge in [0.05, 0.1) is 13.1 Å². The second-order valence-corrected chi connectivity index (χ2v) is 7.74. The number of benzene rings is 1. The summed E-state index contributed by atoms with van der Waals surface area (Å²) in [5, 5.41) is 0. The molecule has 2 unspecified atom stereocenters. The number of carbonyl (C=O) groups excluding carboxylic acids is 3. The lowest BCUT2D eigenvalue weighted by Gasteiger charge is -2.36. The van der Waals surface area contributed by atoms with E-state index in [1.165, 1.54) is 30.4 Å². The molecule has 4 rings (SSSR count). The normalized spacial score (nSPS) is 24.1. The van der Waals surface area contributed by atoms with E-state index in [0.29, 0.717) is 0 Å². The summed E-state index contributed by atoms with van der Waals surface area (Å²) in [5.41, 5.74) is -0.754. The highest BCUT2D eigenvalue weighted by Gasteiger charge is 2.49. The van der Waals surface area contributed by atoms with E-state index in [1.54, 1.807) is 6.08 Å². The fourth-order valence-corrected chi connectivity index (χ4v) is 3.66. The topological polar surface area (TPSA) is 57.7 Å². The second-order valence-electron chi connectivity index (χ2n) is 7.74.